The molecular formula is C11H17N3O3S. The summed E-state index contributed by atoms with van der Waals surface area (Å²) in [7, 11) is -3.59. The first-order chi connectivity index (χ1) is 8.33. The number of carbonyl (C=O) groups is 1. The highest BCUT2D eigenvalue weighted by molar-refractivity contribution is 7.89. The number of nitrogen functional groups attached to an aromatic ring is 1. The lowest BCUT2D eigenvalue weighted by molar-refractivity contribution is -0.118. The largest absolute Gasteiger partial charge is 0.399 e. The Balaban J connectivity index is 2.74. The summed E-state index contributed by atoms with van der Waals surface area (Å²) in [6.07, 6.45) is 0.522. The van der Waals surface area contributed by atoms with E-state index in [9.17, 15) is 13.2 Å². The molecule has 0 aliphatic heterocycles. The van der Waals surface area contributed by atoms with Gasteiger partial charge in [0.1, 0.15) is 0 Å². The van der Waals surface area contributed by atoms with Crippen molar-refractivity contribution in [2.45, 2.75) is 24.7 Å². The molecule has 0 radical (unpaired) electrons. The summed E-state index contributed by atoms with van der Waals surface area (Å²) >= 11 is 0. The zero-order valence-electron chi connectivity index (χ0n) is 10.1. The summed E-state index contributed by atoms with van der Waals surface area (Å²) in [4.78, 5) is 10.7. The minimum absolute atomic E-state index is 0.151. The molecule has 0 saturated carbocycles. The van der Waals surface area contributed by atoms with E-state index in [1.54, 1.807) is 19.1 Å². The number of hydrogen-bond donors (Lipinski definition) is 3. The number of hydrogen-bond acceptors (Lipinski definition) is 4. The predicted molar refractivity (Wildman–Crippen MR) is 69.2 cm³/mol. The number of benzene rings is 1. The van der Waals surface area contributed by atoms with Gasteiger partial charge in [-0.25, -0.2) is 13.1 Å². The van der Waals surface area contributed by atoms with E-state index in [2.05, 4.69) is 4.72 Å². The van der Waals surface area contributed by atoms with E-state index in [1.165, 1.54) is 6.07 Å². The first-order valence-electron chi connectivity index (χ1n) is 5.47. The van der Waals surface area contributed by atoms with Crippen LogP contribution in [0.5, 0.6) is 0 Å². The van der Waals surface area contributed by atoms with Crippen molar-refractivity contribution in [3.8, 4) is 0 Å². The molecule has 0 saturated heterocycles. The molecule has 0 spiro atoms. The van der Waals surface area contributed by atoms with Crippen LogP contribution in [-0.2, 0) is 14.8 Å². The van der Waals surface area contributed by atoms with Crippen molar-refractivity contribution in [2.75, 3.05) is 12.3 Å². The third-order valence-corrected chi connectivity index (χ3v) is 4.00. The zero-order chi connectivity index (χ0) is 13.8. The molecule has 6 nitrogen and oxygen atoms in total. The number of aryl methyl sites for hydroxylation is 1. The van der Waals surface area contributed by atoms with Crippen LogP contribution >= 0.6 is 0 Å². The summed E-state index contributed by atoms with van der Waals surface area (Å²) < 4.78 is 26.3. The maximum absolute atomic E-state index is 12.0. The first-order valence-corrected chi connectivity index (χ1v) is 6.95. The van der Waals surface area contributed by atoms with Crippen LogP contribution in [-0.4, -0.2) is 20.9 Å². The smallest absolute Gasteiger partial charge is 0.240 e. The van der Waals surface area contributed by atoms with E-state index in [0.717, 1.165) is 0 Å². The van der Waals surface area contributed by atoms with E-state index in [-0.39, 0.29) is 17.9 Å². The van der Waals surface area contributed by atoms with Gasteiger partial charge >= 0.3 is 0 Å². The average Bonchev–Trinajstić information content (AvgIpc) is 2.27. The highest BCUT2D eigenvalue weighted by Crippen LogP contribution is 2.17. The SMILES string of the molecule is Cc1ccc(N)cc1S(=O)(=O)NCCCC(N)=O. The Bertz CT molecular complexity index is 540. The van der Waals surface area contributed by atoms with Crippen molar-refractivity contribution in [3.63, 3.8) is 0 Å². The molecule has 5 N–H and O–H groups in total. The number of nitrogens with two attached hydrogens (primary N) is 2. The number of anilines is 1. The second kappa shape index (κ2) is 5.83. The fourth-order valence-corrected chi connectivity index (χ4v) is 2.80. The van der Waals surface area contributed by atoms with Crippen molar-refractivity contribution in [1.82, 2.24) is 4.72 Å². The molecule has 0 heterocycles. The molecular weight excluding hydrogens is 254 g/mol. The van der Waals surface area contributed by atoms with E-state index < -0.39 is 15.9 Å². The van der Waals surface area contributed by atoms with Gasteiger partial charge in [-0.2, -0.15) is 0 Å². The maximum Gasteiger partial charge on any atom is 0.240 e. The Kier molecular flexibility index (Phi) is 4.69. The topological polar surface area (TPSA) is 115 Å². The van der Waals surface area contributed by atoms with Crippen LogP contribution in [0.25, 0.3) is 0 Å². The van der Waals surface area contributed by atoms with Crippen LogP contribution in [0.15, 0.2) is 23.1 Å². The van der Waals surface area contributed by atoms with Crippen LogP contribution in [0.4, 0.5) is 5.69 Å². The lowest BCUT2D eigenvalue weighted by Crippen LogP contribution is -2.26. The van der Waals surface area contributed by atoms with Crippen molar-refractivity contribution < 1.29 is 13.2 Å². The van der Waals surface area contributed by atoms with Crippen LogP contribution in [0.3, 0.4) is 0 Å². The molecule has 0 unspecified atom stereocenters. The molecule has 0 aliphatic carbocycles. The first kappa shape index (κ1) is 14.5. The van der Waals surface area contributed by atoms with Gasteiger partial charge in [0.2, 0.25) is 15.9 Å². The monoisotopic (exact) mass is 271 g/mol. The van der Waals surface area contributed by atoms with Crippen molar-refractivity contribution in [2.24, 2.45) is 5.73 Å². The van der Waals surface area contributed by atoms with E-state index in [1.807, 2.05) is 0 Å². The van der Waals surface area contributed by atoms with Gasteiger partial charge in [-0.05, 0) is 31.0 Å². The standard InChI is InChI=1S/C11H17N3O3S/c1-8-4-5-9(12)7-10(8)18(16,17)14-6-2-3-11(13)15/h4-5,7,14H,2-3,6,12H2,1H3,(H2,13,15). The number of nitrogens with one attached hydrogen (secondary N) is 1. The molecule has 1 rings (SSSR count). The van der Waals surface area contributed by atoms with Crippen molar-refractivity contribution >= 4 is 21.6 Å². The summed E-state index contributed by atoms with van der Waals surface area (Å²) in [5.74, 6) is -0.450. The molecule has 1 aromatic carbocycles. The molecule has 0 fully saturated rings. The quantitative estimate of drug-likeness (QED) is 0.503. The second-order valence-corrected chi connectivity index (χ2v) is 5.73. The number of sulfonamides is 1. The van der Waals surface area contributed by atoms with Gasteiger partial charge in [0, 0.05) is 18.7 Å². The number of amides is 1. The number of primary amides is 1. The van der Waals surface area contributed by atoms with E-state index >= 15 is 0 Å². The Morgan fingerprint density at radius 2 is 2.06 bits per heavy atom. The molecule has 0 aromatic heterocycles. The Labute approximate surface area is 106 Å². The fourth-order valence-electron chi connectivity index (χ4n) is 1.45. The fraction of sp³-hybridized carbons (Fsp3) is 0.364. The van der Waals surface area contributed by atoms with Gasteiger partial charge in [0.25, 0.3) is 0 Å². The summed E-state index contributed by atoms with van der Waals surface area (Å²) in [6.45, 7) is 1.86. The van der Waals surface area contributed by atoms with Crippen LogP contribution in [0.2, 0.25) is 0 Å². The van der Waals surface area contributed by atoms with Gasteiger partial charge in [-0.15, -0.1) is 0 Å². The highest BCUT2D eigenvalue weighted by atomic mass is 32.2. The molecule has 1 amide bonds. The minimum atomic E-state index is -3.59. The molecule has 18 heavy (non-hydrogen) atoms. The predicted octanol–water partition coefficient (Wildman–Crippen LogP) is 0.121. The Morgan fingerprint density at radius 1 is 1.39 bits per heavy atom. The van der Waals surface area contributed by atoms with E-state index in [0.29, 0.717) is 17.7 Å². The van der Waals surface area contributed by atoms with Crippen molar-refractivity contribution in [1.29, 1.82) is 0 Å². The van der Waals surface area contributed by atoms with Gasteiger partial charge in [0.15, 0.2) is 0 Å². The molecule has 0 aliphatic rings. The van der Waals surface area contributed by atoms with Gasteiger partial charge in [-0.1, -0.05) is 6.07 Å². The molecule has 100 valence electrons. The van der Waals surface area contributed by atoms with Crippen LogP contribution < -0.4 is 16.2 Å². The van der Waals surface area contributed by atoms with Crippen molar-refractivity contribution in [3.05, 3.63) is 23.8 Å². The number of carbonyl (C=O) groups excluding carboxylic acids is 1. The second-order valence-electron chi connectivity index (χ2n) is 3.99. The normalized spacial score (nSPS) is 11.4. The van der Waals surface area contributed by atoms with E-state index in [4.69, 9.17) is 11.5 Å². The lowest BCUT2D eigenvalue weighted by Gasteiger charge is -2.09. The summed E-state index contributed by atoms with van der Waals surface area (Å²) in [6, 6.07) is 4.69. The summed E-state index contributed by atoms with van der Waals surface area (Å²) in [5.41, 5.74) is 11.5. The zero-order valence-corrected chi connectivity index (χ0v) is 11.0. The third-order valence-electron chi connectivity index (χ3n) is 2.39. The minimum Gasteiger partial charge on any atom is -0.399 e. The molecule has 1 aromatic rings. The van der Waals surface area contributed by atoms with Crippen LogP contribution in [0, 0.1) is 6.92 Å². The molecule has 0 bridgehead atoms. The Hall–Kier alpha value is -1.60. The lowest BCUT2D eigenvalue weighted by atomic mass is 10.2. The highest BCUT2D eigenvalue weighted by Gasteiger charge is 2.16. The van der Waals surface area contributed by atoms with Gasteiger partial charge in [0.05, 0.1) is 4.90 Å². The Morgan fingerprint density at radius 3 is 2.67 bits per heavy atom. The van der Waals surface area contributed by atoms with Gasteiger partial charge < -0.3 is 11.5 Å². The summed E-state index contributed by atoms with van der Waals surface area (Å²) in [5, 5.41) is 0. The molecule has 0 atom stereocenters. The maximum atomic E-state index is 12.0. The molecule has 7 heteroatoms. The van der Waals surface area contributed by atoms with Gasteiger partial charge in [-0.3, -0.25) is 4.79 Å². The number of rotatable bonds is 6. The van der Waals surface area contributed by atoms with Crippen LogP contribution in [0.1, 0.15) is 18.4 Å². The third kappa shape index (κ3) is 4.01. The average molecular weight is 271 g/mol.